The fourth-order valence-electron chi connectivity index (χ4n) is 3.28. The van der Waals surface area contributed by atoms with Crippen LogP contribution in [0.25, 0.3) is 10.1 Å². The molecule has 136 valence electrons. The van der Waals surface area contributed by atoms with Crippen molar-refractivity contribution in [1.29, 1.82) is 0 Å². The van der Waals surface area contributed by atoms with Crippen molar-refractivity contribution in [2.24, 2.45) is 0 Å². The Bertz CT molecular complexity index is 964. The van der Waals surface area contributed by atoms with Crippen molar-refractivity contribution in [2.75, 3.05) is 18.6 Å². The van der Waals surface area contributed by atoms with E-state index in [2.05, 4.69) is 6.07 Å². The molecular formula is C21H22FNO2S. The standard InChI is InChI=1S/C21H22FNO2S/c1-5-23(17-10-9-13(2)11-14(17)3)21(24)20-15(12-25-4)19-16(22)7-6-8-18(19)26-20/h6-11H,5,12H2,1-4H3. The van der Waals surface area contributed by atoms with Crippen LogP contribution in [-0.4, -0.2) is 19.6 Å². The third kappa shape index (κ3) is 3.24. The van der Waals surface area contributed by atoms with Crippen molar-refractivity contribution in [2.45, 2.75) is 27.4 Å². The largest absolute Gasteiger partial charge is 0.380 e. The Morgan fingerprint density at radius 3 is 2.65 bits per heavy atom. The molecule has 0 saturated carbocycles. The predicted molar refractivity (Wildman–Crippen MR) is 106 cm³/mol. The normalized spacial score (nSPS) is 11.1. The monoisotopic (exact) mass is 371 g/mol. The van der Waals surface area contributed by atoms with Gasteiger partial charge in [0.05, 0.1) is 11.5 Å². The number of rotatable bonds is 5. The summed E-state index contributed by atoms with van der Waals surface area (Å²) in [5, 5.41) is 0.486. The third-order valence-electron chi connectivity index (χ3n) is 4.45. The summed E-state index contributed by atoms with van der Waals surface area (Å²) in [4.78, 5) is 15.6. The molecule has 0 fully saturated rings. The van der Waals surface area contributed by atoms with Gasteiger partial charge in [-0.2, -0.15) is 0 Å². The van der Waals surface area contributed by atoms with Crippen molar-refractivity contribution in [3.63, 3.8) is 0 Å². The van der Waals surface area contributed by atoms with Crippen molar-refractivity contribution in [3.05, 3.63) is 63.8 Å². The molecule has 3 rings (SSSR count). The number of ether oxygens (including phenoxy) is 1. The van der Waals surface area contributed by atoms with Gasteiger partial charge in [0.25, 0.3) is 5.91 Å². The molecule has 0 radical (unpaired) electrons. The number of aryl methyl sites for hydroxylation is 2. The third-order valence-corrected chi connectivity index (χ3v) is 5.64. The minimum Gasteiger partial charge on any atom is -0.380 e. The van der Waals surface area contributed by atoms with Gasteiger partial charge in [-0.3, -0.25) is 4.79 Å². The first-order valence-corrected chi connectivity index (χ1v) is 9.37. The SMILES string of the molecule is CCN(C(=O)c1sc2cccc(F)c2c1COC)c1ccc(C)cc1C. The molecule has 0 aliphatic rings. The van der Waals surface area contributed by atoms with Crippen LogP contribution in [0.1, 0.15) is 33.3 Å². The van der Waals surface area contributed by atoms with Crippen molar-refractivity contribution in [3.8, 4) is 0 Å². The molecule has 3 nitrogen and oxygen atoms in total. The molecule has 1 amide bonds. The number of anilines is 1. The summed E-state index contributed by atoms with van der Waals surface area (Å²) >= 11 is 1.32. The zero-order valence-electron chi connectivity index (χ0n) is 15.4. The fourth-order valence-corrected chi connectivity index (χ4v) is 4.45. The van der Waals surface area contributed by atoms with E-state index < -0.39 is 0 Å². The van der Waals surface area contributed by atoms with E-state index in [0.717, 1.165) is 21.5 Å². The lowest BCUT2D eigenvalue weighted by atomic mass is 10.1. The summed E-state index contributed by atoms with van der Waals surface area (Å²) in [7, 11) is 1.56. The van der Waals surface area contributed by atoms with Crippen molar-refractivity contribution in [1.82, 2.24) is 0 Å². The van der Waals surface area contributed by atoms with Crippen LogP contribution in [0, 0.1) is 19.7 Å². The Morgan fingerprint density at radius 2 is 2.00 bits per heavy atom. The second-order valence-electron chi connectivity index (χ2n) is 6.30. The molecule has 0 aliphatic heterocycles. The van der Waals surface area contributed by atoms with E-state index in [1.165, 1.54) is 17.4 Å². The summed E-state index contributed by atoms with van der Waals surface area (Å²) in [5.41, 5.74) is 3.70. The molecule has 1 aromatic heterocycles. The van der Waals surface area contributed by atoms with Gasteiger partial charge in [-0.25, -0.2) is 4.39 Å². The summed E-state index contributed by atoms with van der Waals surface area (Å²) in [6.45, 7) is 6.71. The summed E-state index contributed by atoms with van der Waals surface area (Å²) < 4.78 is 20.4. The van der Waals surface area contributed by atoms with E-state index in [1.807, 2.05) is 39.0 Å². The van der Waals surface area contributed by atoms with E-state index in [0.29, 0.717) is 22.4 Å². The quantitative estimate of drug-likeness (QED) is 0.595. The lowest BCUT2D eigenvalue weighted by Gasteiger charge is -2.23. The highest BCUT2D eigenvalue weighted by Crippen LogP contribution is 2.35. The van der Waals surface area contributed by atoms with Gasteiger partial charge in [0.15, 0.2) is 0 Å². The van der Waals surface area contributed by atoms with Crippen molar-refractivity contribution < 1.29 is 13.9 Å². The summed E-state index contributed by atoms with van der Waals surface area (Å²) in [6.07, 6.45) is 0. The highest BCUT2D eigenvalue weighted by atomic mass is 32.1. The van der Waals surface area contributed by atoms with E-state index in [4.69, 9.17) is 4.74 Å². The van der Waals surface area contributed by atoms with Gasteiger partial charge in [0, 0.05) is 35.0 Å². The van der Waals surface area contributed by atoms with Gasteiger partial charge < -0.3 is 9.64 Å². The zero-order valence-corrected chi connectivity index (χ0v) is 16.2. The van der Waals surface area contributed by atoms with Crippen LogP contribution in [-0.2, 0) is 11.3 Å². The maximum absolute atomic E-state index is 14.4. The first-order valence-electron chi connectivity index (χ1n) is 8.55. The Hall–Kier alpha value is -2.24. The molecule has 5 heteroatoms. The second-order valence-corrected chi connectivity index (χ2v) is 7.35. The zero-order chi connectivity index (χ0) is 18.8. The summed E-state index contributed by atoms with van der Waals surface area (Å²) in [5.74, 6) is -0.438. The smallest absolute Gasteiger partial charge is 0.268 e. The Morgan fingerprint density at radius 1 is 1.23 bits per heavy atom. The van der Waals surface area contributed by atoms with E-state index in [9.17, 15) is 9.18 Å². The Kier molecular flexibility index (Phi) is 5.39. The number of amides is 1. The maximum Gasteiger partial charge on any atom is 0.268 e. The van der Waals surface area contributed by atoms with Gasteiger partial charge in [-0.05, 0) is 44.5 Å². The maximum atomic E-state index is 14.4. The van der Waals surface area contributed by atoms with Crippen LogP contribution in [0.4, 0.5) is 10.1 Å². The molecule has 1 heterocycles. The lowest BCUT2D eigenvalue weighted by molar-refractivity contribution is 0.0988. The highest BCUT2D eigenvalue weighted by molar-refractivity contribution is 7.21. The lowest BCUT2D eigenvalue weighted by Crippen LogP contribution is -2.31. The Balaban J connectivity index is 2.13. The van der Waals surface area contributed by atoms with Gasteiger partial charge in [0.1, 0.15) is 5.82 Å². The number of hydrogen-bond donors (Lipinski definition) is 0. The average Bonchev–Trinajstić information content (AvgIpc) is 2.97. The molecule has 0 aliphatic carbocycles. The van der Waals surface area contributed by atoms with Gasteiger partial charge in [-0.15, -0.1) is 11.3 Å². The highest BCUT2D eigenvalue weighted by Gasteiger charge is 2.25. The number of carbonyl (C=O) groups excluding carboxylic acids is 1. The van der Waals surface area contributed by atoms with Crippen LogP contribution in [0.2, 0.25) is 0 Å². The number of nitrogens with zero attached hydrogens (tertiary/aromatic N) is 1. The molecule has 0 atom stereocenters. The molecule has 0 saturated heterocycles. The minimum absolute atomic E-state index is 0.118. The van der Waals surface area contributed by atoms with Crippen molar-refractivity contribution >= 4 is 33.0 Å². The second kappa shape index (κ2) is 7.56. The molecule has 0 N–H and O–H groups in total. The number of thiophene rings is 1. The summed E-state index contributed by atoms with van der Waals surface area (Å²) in [6, 6.07) is 11.0. The predicted octanol–water partition coefficient (Wildman–Crippen LogP) is 5.47. The number of fused-ring (bicyclic) bond motifs is 1. The first-order chi connectivity index (χ1) is 12.5. The van der Waals surface area contributed by atoms with Gasteiger partial charge in [0.2, 0.25) is 0 Å². The van der Waals surface area contributed by atoms with Gasteiger partial charge >= 0.3 is 0 Å². The van der Waals surface area contributed by atoms with Crippen LogP contribution >= 0.6 is 11.3 Å². The average molecular weight is 371 g/mol. The molecule has 26 heavy (non-hydrogen) atoms. The van der Waals surface area contributed by atoms with E-state index >= 15 is 0 Å². The Labute approximate surface area is 157 Å². The van der Waals surface area contributed by atoms with E-state index in [-0.39, 0.29) is 18.3 Å². The van der Waals surface area contributed by atoms with Crippen LogP contribution < -0.4 is 4.90 Å². The molecular weight excluding hydrogens is 349 g/mol. The number of hydrogen-bond acceptors (Lipinski definition) is 3. The van der Waals surface area contributed by atoms with Gasteiger partial charge in [-0.1, -0.05) is 23.8 Å². The number of halogens is 1. The minimum atomic E-state index is -0.320. The molecule has 0 spiro atoms. The molecule has 3 aromatic rings. The first kappa shape index (κ1) is 18.5. The fraction of sp³-hybridized carbons (Fsp3) is 0.286. The topological polar surface area (TPSA) is 29.5 Å². The molecule has 0 unspecified atom stereocenters. The van der Waals surface area contributed by atoms with Crippen LogP contribution in [0.3, 0.4) is 0 Å². The number of methoxy groups -OCH3 is 1. The number of carbonyl (C=O) groups is 1. The van der Waals surface area contributed by atoms with Crippen LogP contribution in [0.5, 0.6) is 0 Å². The number of benzene rings is 2. The molecule has 0 bridgehead atoms. The molecule has 2 aromatic carbocycles. The van der Waals surface area contributed by atoms with Crippen LogP contribution in [0.15, 0.2) is 36.4 Å². The van der Waals surface area contributed by atoms with E-state index in [1.54, 1.807) is 18.1 Å².